The number of benzene rings is 1. The van der Waals surface area contributed by atoms with Crippen molar-refractivity contribution in [3.63, 3.8) is 0 Å². The Balaban J connectivity index is 1.57. The van der Waals surface area contributed by atoms with Gasteiger partial charge in [-0.2, -0.15) is 0 Å². The molecule has 3 rings (SSSR count). The summed E-state index contributed by atoms with van der Waals surface area (Å²) in [6.45, 7) is 6.03. The number of aryl methyl sites for hydroxylation is 2. The number of nitrogens with zero attached hydrogens (tertiary/aromatic N) is 3. The van der Waals surface area contributed by atoms with Crippen molar-refractivity contribution in [2.75, 3.05) is 31.5 Å². The molecule has 0 aliphatic carbocycles. The van der Waals surface area contributed by atoms with E-state index in [4.69, 9.17) is 0 Å². The molecule has 2 aromatic rings. The summed E-state index contributed by atoms with van der Waals surface area (Å²) in [5.74, 6) is 0. The average molecular weight is 328 g/mol. The van der Waals surface area contributed by atoms with Crippen molar-refractivity contribution in [1.82, 2.24) is 25.5 Å². The van der Waals surface area contributed by atoms with Crippen molar-refractivity contribution in [2.24, 2.45) is 0 Å². The van der Waals surface area contributed by atoms with Gasteiger partial charge in [0.15, 0.2) is 0 Å². The van der Waals surface area contributed by atoms with E-state index < -0.39 is 0 Å². The smallest absolute Gasteiger partial charge is 0.319 e. The summed E-state index contributed by atoms with van der Waals surface area (Å²) in [4.78, 5) is 33.9. The van der Waals surface area contributed by atoms with Crippen LogP contribution >= 0.6 is 0 Å². The predicted molar refractivity (Wildman–Crippen MR) is 91.0 cm³/mol. The van der Waals surface area contributed by atoms with Crippen LogP contribution in [0.2, 0.25) is 0 Å². The molecular weight excluding hydrogens is 308 g/mol. The molecular formula is C16H20N6O2. The highest BCUT2D eigenvalue weighted by atomic mass is 16.2. The fraction of sp³-hybridized carbons (Fsp3) is 0.375. The van der Waals surface area contributed by atoms with E-state index in [0.717, 1.165) is 22.4 Å². The van der Waals surface area contributed by atoms with E-state index in [0.29, 0.717) is 31.9 Å². The fourth-order valence-corrected chi connectivity index (χ4v) is 2.51. The van der Waals surface area contributed by atoms with Crippen LogP contribution in [-0.2, 0) is 0 Å². The summed E-state index contributed by atoms with van der Waals surface area (Å²) < 4.78 is 0. The molecule has 8 nitrogen and oxygen atoms in total. The number of carbonyl (C=O) groups is 2. The molecule has 4 amide bonds. The van der Waals surface area contributed by atoms with Gasteiger partial charge in [0.05, 0.1) is 22.4 Å². The molecule has 1 aliphatic heterocycles. The maximum Gasteiger partial charge on any atom is 0.319 e. The Morgan fingerprint density at radius 1 is 1.25 bits per heavy atom. The van der Waals surface area contributed by atoms with Gasteiger partial charge in [-0.15, -0.1) is 0 Å². The molecule has 0 spiro atoms. The summed E-state index contributed by atoms with van der Waals surface area (Å²) >= 11 is 0. The minimum Gasteiger partial charge on any atom is -0.336 e. The minimum absolute atomic E-state index is 0.0871. The maximum absolute atomic E-state index is 11.9. The zero-order valence-electron chi connectivity index (χ0n) is 13.7. The minimum atomic E-state index is -0.314. The predicted octanol–water partition coefficient (Wildman–Crippen LogP) is 1.39. The number of rotatable bonds is 4. The van der Waals surface area contributed by atoms with Gasteiger partial charge in [-0.25, -0.2) is 19.6 Å². The molecule has 0 unspecified atom stereocenters. The third kappa shape index (κ3) is 3.53. The first-order chi connectivity index (χ1) is 11.5. The number of carbonyl (C=O) groups excluding carboxylic acids is 2. The molecule has 0 radical (unpaired) electrons. The van der Waals surface area contributed by atoms with Gasteiger partial charge in [-0.1, -0.05) is 0 Å². The van der Waals surface area contributed by atoms with E-state index in [2.05, 4.69) is 25.9 Å². The monoisotopic (exact) mass is 328 g/mol. The fourth-order valence-electron chi connectivity index (χ4n) is 2.51. The standard InChI is InChI=1S/C16H20N6O2/c1-10-11(2)20-14-9-12(3-4-13(14)19-10)21-15(23)17-5-7-22-8-6-18-16(22)24/h3-4,9H,5-8H2,1-2H3,(H,18,24)(H2,17,21,23). The molecule has 0 atom stereocenters. The molecule has 2 heterocycles. The molecule has 3 N–H and O–H groups in total. The van der Waals surface area contributed by atoms with Gasteiger partial charge in [0.25, 0.3) is 0 Å². The Morgan fingerprint density at radius 3 is 2.71 bits per heavy atom. The molecule has 8 heteroatoms. The first kappa shape index (κ1) is 16.0. The Morgan fingerprint density at radius 2 is 2.00 bits per heavy atom. The van der Waals surface area contributed by atoms with Gasteiger partial charge >= 0.3 is 12.1 Å². The first-order valence-corrected chi connectivity index (χ1v) is 7.85. The number of hydrogen-bond donors (Lipinski definition) is 3. The molecule has 24 heavy (non-hydrogen) atoms. The molecule has 1 aliphatic rings. The van der Waals surface area contributed by atoms with Gasteiger partial charge in [0, 0.05) is 31.9 Å². The largest absolute Gasteiger partial charge is 0.336 e. The van der Waals surface area contributed by atoms with Crippen LogP contribution in [0.15, 0.2) is 18.2 Å². The molecule has 0 saturated carbocycles. The van der Waals surface area contributed by atoms with Crippen LogP contribution in [0.25, 0.3) is 11.0 Å². The van der Waals surface area contributed by atoms with Crippen LogP contribution in [0.3, 0.4) is 0 Å². The van der Waals surface area contributed by atoms with Crippen LogP contribution in [0.1, 0.15) is 11.4 Å². The zero-order chi connectivity index (χ0) is 17.1. The number of hydrogen-bond acceptors (Lipinski definition) is 4. The second-order valence-electron chi connectivity index (χ2n) is 5.70. The van der Waals surface area contributed by atoms with Crippen molar-refractivity contribution in [3.8, 4) is 0 Å². The number of amides is 4. The Hall–Kier alpha value is -2.90. The second-order valence-corrected chi connectivity index (χ2v) is 5.70. The summed E-state index contributed by atoms with van der Waals surface area (Å²) in [6, 6.07) is 5.02. The molecule has 1 fully saturated rings. The van der Waals surface area contributed by atoms with Crippen LogP contribution in [0, 0.1) is 13.8 Å². The molecule has 0 bridgehead atoms. The average Bonchev–Trinajstić information content (AvgIpc) is 2.94. The van der Waals surface area contributed by atoms with E-state index in [1.807, 2.05) is 19.9 Å². The van der Waals surface area contributed by atoms with E-state index in [1.165, 1.54) is 0 Å². The van der Waals surface area contributed by atoms with E-state index in [9.17, 15) is 9.59 Å². The molecule has 1 aromatic heterocycles. The number of anilines is 1. The van der Waals surface area contributed by atoms with E-state index in [1.54, 1.807) is 17.0 Å². The lowest BCUT2D eigenvalue weighted by Gasteiger charge is -2.14. The van der Waals surface area contributed by atoms with E-state index >= 15 is 0 Å². The third-order valence-corrected chi connectivity index (χ3v) is 3.95. The summed E-state index contributed by atoms with van der Waals surface area (Å²) in [7, 11) is 0. The highest BCUT2D eigenvalue weighted by molar-refractivity contribution is 5.91. The molecule has 1 saturated heterocycles. The zero-order valence-corrected chi connectivity index (χ0v) is 13.7. The second kappa shape index (κ2) is 6.69. The Labute approximate surface area is 139 Å². The summed E-state index contributed by atoms with van der Waals surface area (Å²) in [5, 5.41) is 8.23. The number of nitrogens with one attached hydrogen (secondary N) is 3. The van der Waals surface area contributed by atoms with Crippen molar-refractivity contribution >= 4 is 28.8 Å². The SMILES string of the molecule is Cc1nc2ccc(NC(=O)NCCN3CCNC3=O)cc2nc1C. The van der Waals surface area contributed by atoms with Gasteiger partial charge in [-0.3, -0.25) is 0 Å². The van der Waals surface area contributed by atoms with Gasteiger partial charge in [0.2, 0.25) is 0 Å². The van der Waals surface area contributed by atoms with Crippen LogP contribution < -0.4 is 16.0 Å². The lowest BCUT2D eigenvalue weighted by molar-refractivity contribution is 0.216. The Kier molecular flexibility index (Phi) is 4.45. The molecule has 126 valence electrons. The van der Waals surface area contributed by atoms with Crippen LogP contribution in [0.4, 0.5) is 15.3 Å². The van der Waals surface area contributed by atoms with Gasteiger partial charge in [-0.05, 0) is 32.0 Å². The maximum atomic E-state index is 11.9. The number of fused-ring (bicyclic) bond motifs is 1. The van der Waals surface area contributed by atoms with Crippen LogP contribution in [-0.4, -0.2) is 53.1 Å². The van der Waals surface area contributed by atoms with Gasteiger partial charge < -0.3 is 20.9 Å². The van der Waals surface area contributed by atoms with E-state index in [-0.39, 0.29) is 12.1 Å². The first-order valence-electron chi connectivity index (χ1n) is 7.85. The van der Waals surface area contributed by atoms with Gasteiger partial charge in [0.1, 0.15) is 0 Å². The highest BCUT2D eigenvalue weighted by Gasteiger charge is 2.18. The van der Waals surface area contributed by atoms with Crippen molar-refractivity contribution in [1.29, 1.82) is 0 Å². The van der Waals surface area contributed by atoms with Crippen molar-refractivity contribution in [2.45, 2.75) is 13.8 Å². The number of aromatic nitrogens is 2. The topological polar surface area (TPSA) is 99.3 Å². The van der Waals surface area contributed by atoms with Crippen LogP contribution in [0.5, 0.6) is 0 Å². The normalized spacial score (nSPS) is 13.9. The lowest BCUT2D eigenvalue weighted by atomic mass is 10.2. The molecule has 1 aromatic carbocycles. The highest BCUT2D eigenvalue weighted by Crippen LogP contribution is 2.17. The summed E-state index contributed by atoms with van der Waals surface area (Å²) in [6.07, 6.45) is 0. The lowest BCUT2D eigenvalue weighted by Crippen LogP contribution is -2.38. The Bertz CT molecular complexity index is 791. The van der Waals surface area contributed by atoms with Crippen molar-refractivity contribution < 1.29 is 9.59 Å². The summed E-state index contributed by atoms with van der Waals surface area (Å²) in [5.41, 5.74) is 3.95. The van der Waals surface area contributed by atoms with Crippen molar-refractivity contribution in [3.05, 3.63) is 29.6 Å². The number of urea groups is 2. The third-order valence-electron chi connectivity index (χ3n) is 3.95. The quantitative estimate of drug-likeness (QED) is 0.790.